The predicted molar refractivity (Wildman–Crippen MR) is 115 cm³/mol. The number of hydrogen-bond donors (Lipinski definition) is 2. The Labute approximate surface area is 171 Å². The van der Waals surface area contributed by atoms with E-state index >= 15 is 0 Å². The Morgan fingerprint density at radius 2 is 1.96 bits per heavy atom. The van der Waals surface area contributed by atoms with Crippen molar-refractivity contribution in [3.8, 4) is 0 Å². The van der Waals surface area contributed by atoms with Gasteiger partial charge in [-0.2, -0.15) is 0 Å². The summed E-state index contributed by atoms with van der Waals surface area (Å²) < 4.78 is 11.7. The van der Waals surface area contributed by atoms with Gasteiger partial charge in [0.2, 0.25) is 0 Å². The first-order valence-corrected chi connectivity index (χ1v) is 9.64. The van der Waals surface area contributed by atoms with Crippen molar-refractivity contribution in [2.24, 2.45) is 22.2 Å². The minimum absolute atomic E-state index is 0. The first-order chi connectivity index (χ1) is 11.5. The van der Waals surface area contributed by atoms with Crippen LogP contribution in [0, 0.1) is 17.3 Å². The van der Waals surface area contributed by atoms with E-state index in [0.29, 0.717) is 12.0 Å². The zero-order chi connectivity index (χ0) is 17.4. The molecule has 0 radical (unpaired) electrons. The molecular weight excluding hydrogens is 429 g/mol. The van der Waals surface area contributed by atoms with Gasteiger partial charge in [-0.15, -0.1) is 24.0 Å². The number of hydrogen-bond acceptors (Lipinski definition) is 3. The van der Waals surface area contributed by atoms with Crippen molar-refractivity contribution < 1.29 is 9.47 Å². The Morgan fingerprint density at radius 3 is 2.60 bits per heavy atom. The first-order valence-electron chi connectivity index (χ1n) is 9.64. The van der Waals surface area contributed by atoms with Gasteiger partial charge in [0.25, 0.3) is 0 Å². The molecule has 2 atom stereocenters. The minimum atomic E-state index is 0. The zero-order valence-electron chi connectivity index (χ0n) is 16.5. The van der Waals surface area contributed by atoms with Crippen LogP contribution in [-0.4, -0.2) is 52.0 Å². The zero-order valence-corrected chi connectivity index (χ0v) is 18.8. The van der Waals surface area contributed by atoms with Crippen LogP contribution >= 0.6 is 24.0 Å². The average molecular weight is 467 g/mol. The topological polar surface area (TPSA) is 54.9 Å². The maximum absolute atomic E-state index is 6.05. The van der Waals surface area contributed by atoms with Crippen LogP contribution in [0.15, 0.2) is 4.99 Å². The first kappa shape index (κ1) is 23.0. The highest BCUT2D eigenvalue weighted by Gasteiger charge is 2.35. The number of aliphatic imine (C=N–C) groups is 1. The van der Waals surface area contributed by atoms with E-state index in [9.17, 15) is 0 Å². The molecule has 0 amide bonds. The van der Waals surface area contributed by atoms with Crippen LogP contribution in [-0.2, 0) is 9.47 Å². The van der Waals surface area contributed by atoms with Crippen molar-refractivity contribution in [3.05, 3.63) is 0 Å². The monoisotopic (exact) mass is 467 g/mol. The molecule has 6 heteroatoms. The van der Waals surface area contributed by atoms with Crippen molar-refractivity contribution in [1.29, 1.82) is 0 Å². The molecule has 0 aromatic carbocycles. The molecule has 1 heterocycles. The molecule has 1 aliphatic heterocycles. The molecule has 2 unspecified atom stereocenters. The number of rotatable bonds is 8. The van der Waals surface area contributed by atoms with E-state index in [1.165, 1.54) is 19.3 Å². The fraction of sp³-hybridized carbons (Fsp3) is 0.947. The second-order valence-corrected chi connectivity index (χ2v) is 8.31. The van der Waals surface area contributed by atoms with Gasteiger partial charge in [0.15, 0.2) is 5.96 Å². The van der Waals surface area contributed by atoms with Gasteiger partial charge in [-0.25, -0.2) is 0 Å². The fourth-order valence-electron chi connectivity index (χ4n) is 3.37. The summed E-state index contributed by atoms with van der Waals surface area (Å²) in [4.78, 5) is 4.33. The number of halogens is 1. The van der Waals surface area contributed by atoms with Crippen molar-refractivity contribution in [3.63, 3.8) is 0 Å². The van der Waals surface area contributed by atoms with Crippen molar-refractivity contribution in [2.75, 3.05) is 40.0 Å². The second kappa shape index (κ2) is 11.6. The largest absolute Gasteiger partial charge is 0.381 e. The van der Waals surface area contributed by atoms with E-state index in [0.717, 1.165) is 57.6 Å². The normalized spacial score (nSPS) is 24.6. The number of nitrogens with one attached hydrogen (secondary N) is 2. The van der Waals surface area contributed by atoms with Crippen LogP contribution < -0.4 is 10.6 Å². The minimum Gasteiger partial charge on any atom is -0.381 e. The van der Waals surface area contributed by atoms with E-state index in [1.807, 2.05) is 7.05 Å². The highest BCUT2D eigenvalue weighted by atomic mass is 127. The van der Waals surface area contributed by atoms with E-state index in [2.05, 4.69) is 36.4 Å². The summed E-state index contributed by atoms with van der Waals surface area (Å²) in [5.41, 5.74) is 0.183. The fourth-order valence-corrected chi connectivity index (χ4v) is 3.37. The molecule has 148 valence electrons. The molecule has 5 nitrogen and oxygen atoms in total. The molecule has 1 saturated carbocycles. The van der Waals surface area contributed by atoms with Gasteiger partial charge < -0.3 is 20.1 Å². The number of nitrogens with zero attached hydrogens (tertiary/aromatic N) is 1. The van der Waals surface area contributed by atoms with Crippen molar-refractivity contribution in [2.45, 2.75) is 59.0 Å². The van der Waals surface area contributed by atoms with Gasteiger partial charge in [0.05, 0.1) is 6.10 Å². The van der Waals surface area contributed by atoms with Gasteiger partial charge in [0.1, 0.15) is 0 Å². The molecule has 1 aliphatic carbocycles. The van der Waals surface area contributed by atoms with Crippen LogP contribution in [0.2, 0.25) is 0 Å². The third-order valence-electron chi connectivity index (χ3n) is 4.86. The van der Waals surface area contributed by atoms with E-state index < -0.39 is 0 Å². The molecule has 2 N–H and O–H groups in total. The summed E-state index contributed by atoms with van der Waals surface area (Å²) in [6.45, 7) is 11.3. The van der Waals surface area contributed by atoms with Crippen molar-refractivity contribution in [1.82, 2.24) is 10.6 Å². The van der Waals surface area contributed by atoms with Crippen LogP contribution in [0.5, 0.6) is 0 Å². The molecule has 0 bridgehead atoms. The maximum Gasteiger partial charge on any atom is 0.190 e. The number of guanidine groups is 1. The van der Waals surface area contributed by atoms with Crippen LogP contribution in [0.4, 0.5) is 0 Å². The molecule has 2 fully saturated rings. The standard InChI is InChI=1S/C19H37N3O2.HI/c1-19(2,3)17-16(7-5-12-24-17)13-22-18(20-4)21-10-6-11-23-14-15-8-9-15;/h15-17H,5-14H2,1-4H3,(H2,20,21,22);1H. The molecule has 0 spiro atoms. The Kier molecular flexibility index (Phi) is 10.6. The Bertz CT molecular complexity index is 395. The molecule has 0 aromatic rings. The predicted octanol–water partition coefficient (Wildman–Crippen LogP) is 3.43. The summed E-state index contributed by atoms with van der Waals surface area (Å²) in [7, 11) is 1.83. The van der Waals surface area contributed by atoms with Crippen LogP contribution in [0.3, 0.4) is 0 Å². The summed E-state index contributed by atoms with van der Waals surface area (Å²) in [6, 6.07) is 0. The third-order valence-corrected chi connectivity index (χ3v) is 4.86. The molecule has 1 saturated heterocycles. The molecular formula is C19H38IN3O2. The van der Waals surface area contributed by atoms with Gasteiger partial charge >= 0.3 is 0 Å². The van der Waals surface area contributed by atoms with Gasteiger partial charge in [0, 0.05) is 45.9 Å². The quantitative estimate of drug-likeness (QED) is 0.249. The summed E-state index contributed by atoms with van der Waals surface area (Å²) in [5.74, 6) is 2.27. The molecule has 2 aliphatic rings. The highest BCUT2D eigenvalue weighted by Crippen LogP contribution is 2.33. The van der Waals surface area contributed by atoms with Crippen LogP contribution in [0.25, 0.3) is 0 Å². The number of ether oxygens (including phenoxy) is 2. The van der Waals surface area contributed by atoms with Crippen molar-refractivity contribution >= 4 is 29.9 Å². The summed E-state index contributed by atoms with van der Waals surface area (Å²) in [5, 5.41) is 6.86. The average Bonchev–Trinajstić information content (AvgIpc) is 3.37. The summed E-state index contributed by atoms with van der Waals surface area (Å²) in [6.07, 6.45) is 6.42. The van der Waals surface area contributed by atoms with Crippen LogP contribution in [0.1, 0.15) is 52.9 Å². The molecule has 0 aromatic heterocycles. The lowest BCUT2D eigenvalue weighted by molar-refractivity contribution is -0.0835. The summed E-state index contributed by atoms with van der Waals surface area (Å²) >= 11 is 0. The Hall–Kier alpha value is -0.0800. The van der Waals surface area contributed by atoms with E-state index in [4.69, 9.17) is 9.47 Å². The Morgan fingerprint density at radius 1 is 1.20 bits per heavy atom. The van der Waals surface area contributed by atoms with Gasteiger partial charge in [-0.05, 0) is 43.4 Å². The van der Waals surface area contributed by atoms with Gasteiger partial charge in [-0.1, -0.05) is 20.8 Å². The van der Waals surface area contributed by atoms with Gasteiger partial charge in [-0.3, -0.25) is 4.99 Å². The van der Waals surface area contributed by atoms with E-state index in [-0.39, 0.29) is 29.4 Å². The lowest BCUT2D eigenvalue weighted by Crippen LogP contribution is -2.47. The molecule has 25 heavy (non-hydrogen) atoms. The molecule has 2 rings (SSSR count). The Balaban J connectivity index is 0.00000312. The smallest absolute Gasteiger partial charge is 0.190 e. The third kappa shape index (κ3) is 8.91. The maximum atomic E-state index is 6.05. The second-order valence-electron chi connectivity index (χ2n) is 8.31. The highest BCUT2D eigenvalue weighted by molar-refractivity contribution is 14.0. The lowest BCUT2D eigenvalue weighted by Gasteiger charge is -2.40. The lowest BCUT2D eigenvalue weighted by atomic mass is 9.78. The van der Waals surface area contributed by atoms with E-state index in [1.54, 1.807) is 0 Å². The SMILES string of the molecule is CN=C(NCCCOCC1CC1)NCC1CCCOC1C(C)(C)C.I.